The van der Waals surface area contributed by atoms with E-state index in [-0.39, 0.29) is 0 Å². The Hall–Kier alpha value is -2.78. The highest BCUT2D eigenvalue weighted by Gasteiger charge is 2.05. The number of hydrogen-bond donors (Lipinski definition) is 1. The van der Waals surface area contributed by atoms with Gasteiger partial charge in [0.05, 0.1) is 7.11 Å². The summed E-state index contributed by atoms with van der Waals surface area (Å²) in [4.78, 5) is 1.19. The Morgan fingerprint density at radius 3 is 2.00 bits per heavy atom. The topological polar surface area (TPSA) is 29.5 Å². The third-order valence-electron chi connectivity index (χ3n) is 3.54. The minimum atomic E-state index is 0.311. The van der Waals surface area contributed by atoms with Crippen LogP contribution in [-0.2, 0) is 0 Å². The summed E-state index contributed by atoms with van der Waals surface area (Å²) >= 11 is 1.68. The third kappa shape index (κ3) is 3.94. The van der Waals surface area contributed by atoms with Crippen molar-refractivity contribution in [3.05, 3.63) is 84.9 Å². The van der Waals surface area contributed by atoms with Crippen LogP contribution in [0.2, 0.25) is 0 Å². The van der Waals surface area contributed by atoms with Crippen LogP contribution in [0, 0.1) is 0 Å². The van der Waals surface area contributed by atoms with E-state index in [1.165, 1.54) is 4.88 Å². The van der Waals surface area contributed by atoms with Crippen molar-refractivity contribution in [2.45, 2.75) is 0 Å². The molecular formula is C21H18O2S. The minimum Gasteiger partial charge on any atom is -0.508 e. The molecule has 4 rings (SSSR count). The number of ether oxygens (including phenoxy) is 1. The Morgan fingerprint density at radius 2 is 1.42 bits per heavy atom. The molecule has 0 radical (unpaired) electrons. The maximum atomic E-state index is 9.47. The van der Waals surface area contributed by atoms with Gasteiger partial charge in [-0.3, -0.25) is 0 Å². The van der Waals surface area contributed by atoms with Gasteiger partial charge < -0.3 is 9.84 Å². The maximum absolute atomic E-state index is 9.47. The third-order valence-corrected chi connectivity index (χ3v) is 4.69. The van der Waals surface area contributed by atoms with Gasteiger partial charge in [0.15, 0.2) is 0 Å². The molecule has 0 aliphatic heterocycles. The lowest BCUT2D eigenvalue weighted by atomic mass is 10.1. The summed E-state index contributed by atoms with van der Waals surface area (Å²) in [6, 6.07) is 27.6. The summed E-state index contributed by atoms with van der Waals surface area (Å²) < 4.78 is 6.25. The Bertz CT molecular complexity index is 869. The number of hydrogen-bond acceptors (Lipinski definition) is 3. The van der Waals surface area contributed by atoms with Gasteiger partial charge in [0, 0.05) is 9.58 Å². The average molecular weight is 334 g/mol. The fourth-order valence-corrected chi connectivity index (χ4v) is 3.40. The fourth-order valence-electron chi connectivity index (χ4n) is 2.30. The number of methoxy groups -OCH3 is 1. The second-order valence-corrected chi connectivity index (χ2v) is 6.30. The van der Waals surface area contributed by atoms with Crippen molar-refractivity contribution < 1.29 is 9.84 Å². The van der Waals surface area contributed by atoms with E-state index < -0.39 is 0 Å². The highest BCUT2D eigenvalue weighted by molar-refractivity contribution is 7.22. The monoisotopic (exact) mass is 334 g/mol. The lowest BCUT2D eigenvalue weighted by Gasteiger charge is -2.00. The van der Waals surface area contributed by atoms with E-state index in [2.05, 4.69) is 6.07 Å². The first-order valence-corrected chi connectivity index (χ1v) is 8.45. The van der Waals surface area contributed by atoms with Gasteiger partial charge in [0.1, 0.15) is 11.5 Å². The van der Waals surface area contributed by atoms with Gasteiger partial charge in [-0.1, -0.05) is 36.4 Å². The molecule has 3 aromatic carbocycles. The van der Waals surface area contributed by atoms with Gasteiger partial charge in [-0.15, -0.1) is 11.3 Å². The van der Waals surface area contributed by atoms with E-state index in [9.17, 15) is 5.11 Å². The number of benzene rings is 3. The molecule has 0 bridgehead atoms. The Balaban J connectivity index is 0.000000238. The van der Waals surface area contributed by atoms with Crippen LogP contribution >= 0.6 is 11.3 Å². The number of phenolic OH excluding ortho intramolecular Hbond substituents is 1. The van der Waals surface area contributed by atoms with Crippen LogP contribution in [0.4, 0.5) is 0 Å². The first kappa shape index (κ1) is 16.1. The van der Waals surface area contributed by atoms with Crippen LogP contribution in [-0.4, -0.2) is 12.2 Å². The number of phenols is 1. The first-order valence-electron chi connectivity index (χ1n) is 7.63. The number of fused-ring (bicyclic) bond motifs is 1. The van der Waals surface area contributed by atoms with Gasteiger partial charge >= 0.3 is 0 Å². The molecule has 0 saturated carbocycles. The maximum Gasteiger partial charge on any atom is 0.118 e. The first-order chi connectivity index (χ1) is 11.8. The zero-order valence-electron chi connectivity index (χ0n) is 13.3. The van der Waals surface area contributed by atoms with E-state index in [0.29, 0.717) is 5.75 Å². The van der Waals surface area contributed by atoms with Gasteiger partial charge in [-0.05, 0) is 59.5 Å². The van der Waals surface area contributed by atoms with Gasteiger partial charge in [0.25, 0.3) is 0 Å². The molecule has 4 aromatic rings. The van der Waals surface area contributed by atoms with Crippen LogP contribution in [0.5, 0.6) is 11.5 Å². The molecule has 0 saturated heterocycles. The molecule has 0 atom stereocenters. The zero-order chi connectivity index (χ0) is 16.8. The van der Waals surface area contributed by atoms with E-state index in [0.717, 1.165) is 21.4 Å². The number of aromatic hydroxyl groups is 1. The molecule has 24 heavy (non-hydrogen) atoms. The molecule has 0 aliphatic carbocycles. The van der Waals surface area contributed by atoms with Crippen LogP contribution in [0.3, 0.4) is 0 Å². The van der Waals surface area contributed by atoms with Crippen molar-refractivity contribution in [1.82, 2.24) is 0 Å². The van der Waals surface area contributed by atoms with Crippen LogP contribution in [0.1, 0.15) is 0 Å². The Labute approximate surface area is 145 Å². The second kappa shape index (κ2) is 7.66. The molecule has 2 nitrogen and oxygen atoms in total. The molecule has 0 fully saturated rings. The fraction of sp³-hybridized carbons (Fsp3) is 0.0476. The molecule has 0 aliphatic rings. The average Bonchev–Trinajstić information content (AvgIpc) is 3.07. The van der Waals surface area contributed by atoms with Crippen molar-refractivity contribution in [2.24, 2.45) is 0 Å². The van der Waals surface area contributed by atoms with Crippen LogP contribution in [0.15, 0.2) is 84.9 Å². The summed E-state index contributed by atoms with van der Waals surface area (Å²) in [5.41, 5.74) is 1.16. The second-order valence-electron chi connectivity index (χ2n) is 5.22. The molecule has 1 N–H and O–H groups in total. The van der Waals surface area contributed by atoms with E-state index in [1.54, 1.807) is 30.6 Å². The molecule has 0 unspecified atom stereocenters. The molecular weight excluding hydrogens is 316 g/mol. The summed E-state index contributed by atoms with van der Waals surface area (Å²) in [6.07, 6.45) is 0. The Kier molecular flexibility index (Phi) is 5.14. The largest absolute Gasteiger partial charge is 0.508 e. The van der Waals surface area contributed by atoms with Gasteiger partial charge in [0.2, 0.25) is 0 Å². The standard InChI is InChI=1S/C15H12O2S.C6H6/c1-17-13-6-3-10(4-7-13)14-8-11-2-5-12(16)9-15(11)18-14;1-2-4-6-5-3-1/h2-9,16H,1H3;1-6H. The quantitative estimate of drug-likeness (QED) is 0.489. The van der Waals surface area contributed by atoms with Gasteiger partial charge in [-0.25, -0.2) is 0 Å². The van der Waals surface area contributed by atoms with E-state index in [1.807, 2.05) is 66.7 Å². The van der Waals surface area contributed by atoms with Crippen molar-refractivity contribution in [2.75, 3.05) is 7.11 Å². The lowest BCUT2D eigenvalue weighted by Crippen LogP contribution is -1.81. The SMILES string of the molecule is COc1ccc(-c2cc3ccc(O)cc3s2)cc1.c1ccccc1. The number of rotatable bonds is 2. The predicted octanol–water partition coefficient (Wildman–Crippen LogP) is 5.97. The summed E-state index contributed by atoms with van der Waals surface area (Å²) in [5.74, 6) is 1.17. The van der Waals surface area contributed by atoms with Crippen molar-refractivity contribution >= 4 is 21.4 Å². The van der Waals surface area contributed by atoms with E-state index in [4.69, 9.17) is 4.74 Å². The summed E-state index contributed by atoms with van der Waals surface area (Å²) in [7, 11) is 1.66. The van der Waals surface area contributed by atoms with Crippen molar-refractivity contribution in [3.8, 4) is 21.9 Å². The predicted molar refractivity (Wildman–Crippen MR) is 102 cm³/mol. The van der Waals surface area contributed by atoms with Crippen molar-refractivity contribution in [3.63, 3.8) is 0 Å². The Morgan fingerprint density at radius 1 is 0.792 bits per heavy atom. The van der Waals surface area contributed by atoms with Crippen LogP contribution < -0.4 is 4.74 Å². The molecule has 3 heteroatoms. The smallest absolute Gasteiger partial charge is 0.118 e. The van der Waals surface area contributed by atoms with Gasteiger partial charge in [-0.2, -0.15) is 0 Å². The van der Waals surface area contributed by atoms with E-state index >= 15 is 0 Å². The highest BCUT2D eigenvalue weighted by atomic mass is 32.1. The molecule has 120 valence electrons. The van der Waals surface area contributed by atoms with Crippen molar-refractivity contribution in [1.29, 1.82) is 0 Å². The molecule has 0 amide bonds. The summed E-state index contributed by atoms with van der Waals surface area (Å²) in [5, 5.41) is 10.6. The summed E-state index contributed by atoms with van der Waals surface area (Å²) in [6.45, 7) is 0. The lowest BCUT2D eigenvalue weighted by molar-refractivity contribution is 0.415. The molecule has 1 heterocycles. The molecule has 0 spiro atoms. The zero-order valence-corrected chi connectivity index (χ0v) is 14.2. The number of thiophene rings is 1. The minimum absolute atomic E-state index is 0.311. The normalized spacial score (nSPS) is 10.0. The molecule has 1 aromatic heterocycles. The highest BCUT2D eigenvalue weighted by Crippen LogP contribution is 2.35. The van der Waals surface area contributed by atoms with Crippen LogP contribution in [0.25, 0.3) is 20.5 Å².